The van der Waals surface area contributed by atoms with Crippen molar-refractivity contribution < 1.29 is 14.1 Å². The quantitative estimate of drug-likeness (QED) is 0.550. The van der Waals surface area contributed by atoms with Crippen LogP contribution in [0.2, 0.25) is 5.02 Å². The van der Waals surface area contributed by atoms with Crippen molar-refractivity contribution in [2.45, 2.75) is 32.3 Å². The first-order valence-electron chi connectivity index (χ1n) is 11.4. The molecule has 3 aromatic rings. The number of hydrogen-bond donors (Lipinski definition) is 0. The summed E-state index contributed by atoms with van der Waals surface area (Å²) in [6.45, 7) is 6.14. The summed E-state index contributed by atoms with van der Waals surface area (Å²) in [6.07, 6.45) is 1.83. The predicted octanol–water partition coefficient (Wildman–Crippen LogP) is 3.78. The van der Waals surface area contributed by atoms with Crippen molar-refractivity contribution in [3.05, 3.63) is 64.5 Å². The minimum Gasteiger partial charge on any atom is -0.480 e. The van der Waals surface area contributed by atoms with Gasteiger partial charge in [-0.25, -0.2) is 0 Å². The first kappa shape index (κ1) is 21.9. The normalized spacial score (nSPS) is 18.2. The van der Waals surface area contributed by atoms with Crippen molar-refractivity contribution in [1.82, 2.24) is 19.9 Å². The third kappa shape index (κ3) is 5.04. The smallest absolute Gasteiger partial charge is 0.264 e. The molecule has 33 heavy (non-hydrogen) atoms. The molecule has 0 saturated carbocycles. The average molecular weight is 467 g/mol. The van der Waals surface area contributed by atoms with Crippen molar-refractivity contribution in [2.75, 3.05) is 32.7 Å². The lowest BCUT2D eigenvalue weighted by molar-refractivity contribution is -0.139. The first-order chi connectivity index (χ1) is 16.0. The molecule has 1 saturated heterocycles. The Morgan fingerprint density at radius 2 is 1.91 bits per heavy atom. The minimum atomic E-state index is -0.440. The molecule has 7 nitrogen and oxygen atoms in total. The van der Waals surface area contributed by atoms with Crippen LogP contribution in [0.25, 0.3) is 11.4 Å². The number of aryl methyl sites for hydroxylation is 2. The van der Waals surface area contributed by atoms with E-state index in [2.05, 4.69) is 22.0 Å². The number of fused-ring (bicyclic) bond motifs is 1. The molecule has 3 heterocycles. The van der Waals surface area contributed by atoms with Crippen LogP contribution in [0.3, 0.4) is 0 Å². The molecule has 5 rings (SSSR count). The van der Waals surface area contributed by atoms with Gasteiger partial charge in [-0.05, 0) is 43.7 Å². The topological polar surface area (TPSA) is 71.7 Å². The molecule has 0 aliphatic carbocycles. The number of ether oxygens (including phenoxy) is 1. The molecule has 1 atom stereocenters. The highest BCUT2D eigenvalue weighted by Crippen LogP contribution is 2.31. The summed E-state index contributed by atoms with van der Waals surface area (Å²) >= 11 is 6.06. The molecule has 172 valence electrons. The average Bonchev–Trinajstić information content (AvgIpc) is 3.46. The minimum absolute atomic E-state index is 0.0662. The maximum atomic E-state index is 12.9. The number of benzene rings is 2. The molecule has 8 heteroatoms. The second kappa shape index (κ2) is 9.53. The van der Waals surface area contributed by atoms with Crippen LogP contribution in [0.5, 0.6) is 5.75 Å². The van der Waals surface area contributed by atoms with Crippen LogP contribution in [0.1, 0.15) is 23.4 Å². The molecule has 0 spiro atoms. The molecule has 2 aliphatic heterocycles. The summed E-state index contributed by atoms with van der Waals surface area (Å²) in [5.74, 6) is 2.13. The molecule has 1 aromatic heterocycles. The standard InChI is InChI=1S/C25H27ClN4O3/c1-17-4-6-18(7-5-17)24-27-23(33-28-24)3-2-10-29-11-13-30(14-12-29)25(31)22-16-19-15-20(26)8-9-21(19)32-22/h4-9,15,22H,2-3,10-14,16H2,1H3. The fraction of sp³-hybridized carbons (Fsp3) is 0.400. The SMILES string of the molecule is Cc1ccc(-c2noc(CCCN3CCN(C(=O)C4Cc5cc(Cl)ccc5O4)CC3)n2)cc1. The molecule has 1 amide bonds. The molecule has 2 aromatic carbocycles. The Bertz CT molecular complexity index is 1120. The van der Waals surface area contributed by atoms with E-state index in [4.69, 9.17) is 20.9 Å². The number of carbonyl (C=O) groups is 1. The van der Waals surface area contributed by atoms with Crippen molar-refractivity contribution in [3.63, 3.8) is 0 Å². The van der Waals surface area contributed by atoms with Crippen LogP contribution < -0.4 is 4.74 Å². The second-order valence-electron chi connectivity index (χ2n) is 8.71. The molecule has 0 radical (unpaired) electrons. The van der Waals surface area contributed by atoms with Crippen molar-refractivity contribution in [3.8, 4) is 17.1 Å². The molecule has 1 unspecified atom stereocenters. The van der Waals surface area contributed by atoms with Gasteiger partial charge in [0.05, 0.1) is 0 Å². The van der Waals surface area contributed by atoms with Crippen LogP contribution in [-0.2, 0) is 17.6 Å². The lowest BCUT2D eigenvalue weighted by Gasteiger charge is -2.35. The first-order valence-corrected chi connectivity index (χ1v) is 11.8. The van der Waals surface area contributed by atoms with Gasteiger partial charge < -0.3 is 14.2 Å². The summed E-state index contributed by atoms with van der Waals surface area (Å²) in [6, 6.07) is 13.6. The molecule has 1 fully saturated rings. The zero-order valence-electron chi connectivity index (χ0n) is 18.7. The van der Waals surface area contributed by atoms with E-state index in [0.29, 0.717) is 36.2 Å². The van der Waals surface area contributed by atoms with Crippen LogP contribution >= 0.6 is 11.6 Å². The fourth-order valence-corrected chi connectivity index (χ4v) is 4.58. The number of aromatic nitrogens is 2. The van der Waals surface area contributed by atoms with Crippen molar-refractivity contribution >= 4 is 17.5 Å². The summed E-state index contributed by atoms with van der Waals surface area (Å²) in [7, 11) is 0. The summed E-state index contributed by atoms with van der Waals surface area (Å²) in [5.41, 5.74) is 3.18. The Hall–Kier alpha value is -2.90. The predicted molar refractivity (Wildman–Crippen MR) is 125 cm³/mol. The fourth-order valence-electron chi connectivity index (χ4n) is 4.38. The van der Waals surface area contributed by atoms with Gasteiger partial charge in [-0.2, -0.15) is 4.98 Å². The maximum absolute atomic E-state index is 12.9. The van der Waals surface area contributed by atoms with Crippen LogP contribution in [0.15, 0.2) is 47.0 Å². The Morgan fingerprint density at radius 3 is 2.70 bits per heavy atom. The molecule has 2 aliphatic rings. The van der Waals surface area contributed by atoms with Crippen molar-refractivity contribution in [1.29, 1.82) is 0 Å². The third-order valence-corrected chi connectivity index (χ3v) is 6.53. The van der Waals surface area contributed by atoms with Crippen LogP contribution in [0, 0.1) is 6.92 Å². The summed E-state index contributed by atoms with van der Waals surface area (Å²) in [5, 5.41) is 4.78. The Kier molecular flexibility index (Phi) is 6.33. The van der Waals surface area contributed by atoms with Gasteiger partial charge in [-0.3, -0.25) is 9.69 Å². The highest BCUT2D eigenvalue weighted by atomic mass is 35.5. The van der Waals surface area contributed by atoms with Gasteiger partial charge in [0.25, 0.3) is 5.91 Å². The van der Waals surface area contributed by atoms with Gasteiger partial charge in [-0.1, -0.05) is 46.6 Å². The number of nitrogens with zero attached hydrogens (tertiary/aromatic N) is 4. The van der Waals surface area contributed by atoms with E-state index in [-0.39, 0.29) is 5.91 Å². The Morgan fingerprint density at radius 1 is 1.12 bits per heavy atom. The van der Waals surface area contributed by atoms with E-state index in [9.17, 15) is 4.79 Å². The molecular formula is C25H27ClN4O3. The van der Waals surface area contributed by atoms with Gasteiger partial charge in [0, 0.05) is 49.6 Å². The number of rotatable bonds is 6. The monoisotopic (exact) mass is 466 g/mol. The molecule has 0 N–H and O–H groups in total. The van der Waals surface area contributed by atoms with Crippen molar-refractivity contribution in [2.24, 2.45) is 0 Å². The van der Waals surface area contributed by atoms with Gasteiger partial charge in [0.15, 0.2) is 6.10 Å². The summed E-state index contributed by atoms with van der Waals surface area (Å²) < 4.78 is 11.3. The van der Waals surface area contributed by atoms with E-state index in [1.54, 1.807) is 6.07 Å². The lowest BCUT2D eigenvalue weighted by atomic mass is 10.1. The Balaban J connectivity index is 1.05. The van der Waals surface area contributed by atoms with E-state index >= 15 is 0 Å². The van der Waals surface area contributed by atoms with E-state index in [0.717, 1.165) is 49.4 Å². The highest BCUT2D eigenvalue weighted by Gasteiger charge is 2.33. The number of piperazine rings is 1. The van der Waals surface area contributed by atoms with E-state index in [1.165, 1.54) is 5.56 Å². The number of carbonyl (C=O) groups excluding carboxylic acids is 1. The van der Waals surface area contributed by atoms with Gasteiger partial charge >= 0.3 is 0 Å². The lowest BCUT2D eigenvalue weighted by Crippen LogP contribution is -2.52. The third-order valence-electron chi connectivity index (χ3n) is 6.30. The largest absolute Gasteiger partial charge is 0.480 e. The zero-order valence-corrected chi connectivity index (χ0v) is 19.4. The Labute approximate surface area is 198 Å². The van der Waals surface area contributed by atoms with E-state index in [1.807, 2.05) is 41.3 Å². The van der Waals surface area contributed by atoms with E-state index < -0.39 is 6.10 Å². The molecule has 0 bridgehead atoms. The van der Waals surface area contributed by atoms with Crippen LogP contribution in [-0.4, -0.2) is 64.7 Å². The van der Waals surface area contributed by atoms with Gasteiger partial charge in [0.2, 0.25) is 11.7 Å². The second-order valence-corrected chi connectivity index (χ2v) is 9.15. The summed E-state index contributed by atoms with van der Waals surface area (Å²) in [4.78, 5) is 21.7. The number of amides is 1. The molecular weight excluding hydrogens is 440 g/mol. The number of halogens is 1. The van der Waals surface area contributed by atoms with Crippen LogP contribution in [0.4, 0.5) is 0 Å². The maximum Gasteiger partial charge on any atom is 0.264 e. The van der Waals surface area contributed by atoms with Gasteiger partial charge in [0.1, 0.15) is 5.75 Å². The zero-order chi connectivity index (χ0) is 22.8. The number of hydrogen-bond acceptors (Lipinski definition) is 6. The van der Waals surface area contributed by atoms with Gasteiger partial charge in [-0.15, -0.1) is 0 Å². The highest BCUT2D eigenvalue weighted by molar-refractivity contribution is 6.30.